The molecule has 0 aromatic heterocycles. The molecule has 0 radical (unpaired) electrons. The molecule has 0 aliphatic carbocycles. The van der Waals surface area contributed by atoms with Crippen molar-refractivity contribution in [2.75, 3.05) is 0 Å². The van der Waals surface area contributed by atoms with Crippen molar-refractivity contribution in [3.05, 3.63) is 76.3 Å². The minimum Gasteiger partial charge on any atom is -0.310 e. The molecule has 1 saturated heterocycles. The standard InChI is InChI=1S/C28H31ClN2O2/c1-20-10-12-23(13-11-20)7-5-14-27(18-32)21(2)31-22(3)28(19-33,15-6-16-30)26(27)24-8-4-9-25(29)17-24/h4-5,7-13,17-19,21-22,26,31H,6,14-15H2,1-3H3/b7-5+. The van der Waals surface area contributed by atoms with E-state index in [2.05, 4.69) is 23.5 Å². The van der Waals surface area contributed by atoms with Crippen molar-refractivity contribution in [1.82, 2.24) is 5.32 Å². The van der Waals surface area contributed by atoms with Crippen LogP contribution in [0.2, 0.25) is 5.02 Å². The SMILES string of the molecule is Cc1ccc(/C=C/CC2(C=O)C(C)NC(C)C(C=O)(CCC#N)C2c2cccc(Cl)c2)cc1. The second-order valence-electron chi connectivity index (χ2n) is 9.23. The number of aldehydes is 2. The van der Waals surface area contributed by atoms with E-state index in [1.807, 2.05) is 63.3 Å². The number of hydrogen-bond donors (Lipinski definition) is 1. The van der Waals surface area contributed by atoms with E-state index in [1.165, 1.54) is 5.56 Å². The molecule has 1 heterocycles. The van der Waals surface area contributed by atoms with Crippen LogP contribution in [0.1, 0.15) is 55.7 Å². The topological polar surface area (TPSA) is 70.0 Å². The first-order valence-electron chi connectivity index (χ1n) is 11.4. The molecular weight excluding hydrogens is 432 g/mol. The van der Waals surface area contributed by atoms with Crippen molar-refractivity contribution in [3.63, 3.8) is 0 Å². The number of halogens is 1. The van der Waals surface area contributed by atoms with E-state index in [4.69, 9.17) is 11.6 Å². The largest absolute Gasteiger partial charge is 0.310 e. The Labute approximate surface area is 201 Å². The lowest BCUT2D eigenvalue weighted by Crippen LogP contribution is -2.66. The third-order valence-corrected chi connectivity index (χ3v) is 7.57. The zero-order chi connectivity index (χ0) is 24.1. The van der Waals surface area contributed by atoms with Gasteiger partial charge in [0.2, 0.25) is 0 Å². The van der Waals surface area contributed by atoms with Gasteiger partial charge in [-0.3, -0.25) is 0 Å². The number of hydrogen-bond acceptors (Lipinski definition) is 4. The van der Waals surface area contributed by atoms with Crippen molar-refractivity contribution >= 4 is 30.2 Å². The Morgan fingerprint density at radius 1 is 1.06 bits per heavy atom. The van der Waals surface area contributed by atoms with E-state index in [0.29, 0.717) is 17.9 Å². The Morgan fingerprint density at radius 2 is 1.73 bits per heavy atom. The number of carbonyl (C=O) groups excluding carboxylic acids is 2. The van der Waals surface area contributed by atoms with Crippen LogP contribution in [-0.4, -0.2) is 24.7 Å². The molecule has 0 bridgehead atoms. The van der Waals surface area contributed by atoms with Crippen molar-refractivity contribution in [3.8, 4) is 6.07 Å². The van der Waals surface area contributed by atoms with Crippen LogP contribution in [0.25, 0.3) is 6.08 Å². The highest BCUT2D eigenvalue weighted by molar-refractivity contribution is 6.30. The Hall–Kier alpha value is -2.74. The predicted molar refractivity (Wildman–Crippen MR) is 133 cm³/mol. The fraction of sp³-hybridized carbons (Fsp3) is 0.393. The number of rotatable bonds is 8. The quantitative estimate of drug-likeness (QED) is 0.496. The summed E-state index contributed by atoms with van der Waals surface area (Å²) in [5.74, 6) is -0.430. The molecule has 1 aliphatic rings. The monoisotopic (exact) mass is 462 g/mol. The summed E-state index contributed by atoms with van der Waals surface area (Å²) in [6.07, 6.45) is 7.04. The van der Waals surface area contributed by atoms with Crippen molar-refractivity contribution in [2.45, 2.75) is 58.0 Å². The average molecular weight is 463 g/mol. The molecule has 2 aromatic rings. The lowest BCUT2D eigenvalue weighted by molar-refractivity contribution is -0.135. The van der Waals surface area contributed by atoms with Crippen LogP contribution in [0.15, 0.2) is 54.6 Å². The van der Waals surface area contributed by atoms with Gasteiger partial charge in [0.25, 0.3) is 0 Å². The summed E-state index contributed by atoms with van der Waals surface area (Å²) in [5, 5.41) is 13.4. The molecule has 5 atom stereocenters. The van der Waals surface area contributed by atoms with Crippen LogP contribution in [-0.2, 0) is 9.59 Å². The Kier molecular flexibility index (Phi) is 7.89. The first-order chi connectivity index (χ1) is 15.8. The minimum absolute atomic E-state index is 0.188. The molecular formula is C28H31ClN2O2. The first kappa shape index (κ1) is 24.9. The second kappa shape index (κ2) is 10.5. The van der Waals surface area contributed by atoms with Crippen LogP contribution in [0.4, 0.5) is 0 Å². The highest BCUT2D eigenvalue weighted by atomic mass is 35.5. The number of piperidine rings is 1. The van der Waals surface area contributed by atoms with E-state index < -0.39 is 16.7 Å². The number of benzene rings is 2. The zero-order valence-corrected chi connectivity index (χ0v) is 20.2. The van der Waals surface area contributed by atoms with Crippen molar-refractivity contribution < 1.29 is 9.59 Å². The summed E-state index contributed by atoms with van der Waals surface area (Å²) in [5.41, 5.74) is 1.27. The summed E-state index contributed by atoms with van der Waals surface area (Å²) in [7, 11) is 0. The fourth-order valence-electron chi connectivity index (χ4n) is 5.44. The van der Waals surface area contributed by atoms with Gasteiger partial charge in [0.15, 0.2) is 0 Å². The maximum absolute atomic E-state index is 12.9. The maximum Gasteiger partial charge on any atom is 0.128 e. The first-order valence-corrected chi connectivity index (χ1v) is 11.7. The minimum atomic E-state index is -0.925. The zero-order valence-electron chi connectivity index (χ0n) is 19.4. The van der Waals surface area contributed by atoms with Gasteiger partial charge in [-0.2, -0.15) is 5.26 Å². The van der Waals surface area contributed by atoms with E-state index in [9.17, 15) is 14.9 Å². The number of aryl methyl sites for hydroxylation is 1. The molecule has 1 fully saturated rings. The molecule has 4 nitrogen and oxygen atoms in total. The molecule has 0 amide bonds. The summed E-state index contributed by atoms with van der Waals surface area (Å²) >= 11 is 6.35. The molecule has 5 unspecified atom stereocenters. The van der Waals surface area contributed by atoms with Gasteiger partial charge in [0, 0.05) is 34.9 Å². The van der Waals surface area contributed by atoms with Gasteiger partial charge in [-0.1, -0.05) is 65.7 Å². The van der Waals surface area contributed by atoms with Crippen LogP contribution >= 0.6 is 11.6 Å². The lowest BCUT2D eigenvalue weighted by Gasteiger charge is -2.57. The molecule has 3 rings (SSSR count). The summed E-state index contributed by atoms with van der Waals surface area (Å²) < 4.78 is 0. The molecule has 33 heavy (non-hydrogen) atoms. The smallest absolute Gasteiger partial charge is 0.128 e. The highest BCUT2D eigenvalue weighted by Gasteiger charge is 2.59. The molecule has 172 valence electrons. The molecule has 0 saturated carbocycles. The van der Waals surface area contributed by atoms with Crippen LogP contribution in [0, 0.1) is 29.1 Å². The normalized spacial score (nSPS) is 29.5. The highest BCUT2D eigenvalue weighted by Crippen LogP contribution is 2.57. The van der Waals surface area contributed by atoms with Crippen molar-refractivity contribution in [2.24, 2.45) is 10.8 Å². The molecule has 1 N–H and O–H groups in total. The molecule has 1 aliphatic heterocycles. The van der Waals surface area contributed by atoms with Gasteiger partial charge in [0.1, 0.15) is 12.6 Å². The van der Waals surface area contributed by atoms with Gasteiger partial charge < -0.3 is 14.9 Å². The Bertz CT molecular complexity index is 1060. The third kappa shape index (κ3) is 4.81. The van der Waals surface area contributed by atoms with E-state index in [-0.39, 0.29) is 18.5 Å². The second-order valence-corrected chi connectivity index (χ2v) is 9.67. The molecule has 0 spiro atoms. The van der Waals surface area contributed by atoms with Crippen LogP contribution < -0.4 is 5.32 Å². The molecule has 2 aromatic carbocycles. The maximum atomic E-state index is 12.9. The average Bonchev–Trinajstić information content (AvgIpc) is 2.81. The summed E-state index contributed by atoms with van der Waals surface area (Å²) in [6.45, 7) is 6.01. The number of nitrogens with one attached hydrogen (secondary N) is 1. The van der Waals surface area contributed by atoms with Gasteiger partial charge in [-0.05, 0) is 56.9 Å². The lowest BCUT2D eigenvalue weighted by atomic mass is 9.50. The van der Waals surface area contributed by atoms with Gasteiger partial charge in [-0.25, -0.2) is 0 Å². The van der Waals surface area contributed by atoms with Gasteiger partial charge >= 0.3 is 0 Å². The van der Waals surface area contributed by atoms with Crippen LogP contribution in [0.3, 0.4) is 0 Å². The number of nitrogens with zero attached hydrogens (tertiary/aromatic N) is 1. The number of allylic oxidation sites excluding steroid dienone is 1. The Morgan fingerprint density at radius 3 is 2.33 bits per heavy atom. The van der Waals surface area contributed by atoms with E-state index >= 15 is 0 Å². The number of carbonyl (C=O) groups is 2. The van der Waals surface area contributed by atoms with E-state index in [1.54, 1.807) is 6.07 Å². The predicted octanol–water partition coefficient (Wildman–Crippen LogP) is 5.89. The summed E-state index contributed by atoms with van der Waals surface area (Å²) in [4.78, 5) is 25.7. The third-order valence-electron chi connectivity index (χ3n) is 7.34. The van der Waals surface area contributed by atoms with Gasteiger partial charge in [-0.15, -0.1) is 0 Å². The van der Waals surface area contributed by atoms with E-state index in [0.717, 1.165) is 23.7 Å². The van der Waals surface area contributed by atoms with Gasteiger partial charge in [0.05, 0.1) is 11.5 Å². The summed E-state index contributed by atoms with van der Waals surface area (Å²) in [6, 6.07) is 17.4. The number of nitriles is 1. The van der Waals surface area contributed by atoms with Crippen LogP contribution in [0.5, 0.6) is 0 Å². The molecule has 5 heteroatoms. The fourth-order valence-corrected chi connectivity index (χ4v) is 5.64. The Balaban J connectivity index is 2.14. The van der Waals surface area contributed by atoms with Crippen molar-refractivity contribution in [1.29, 1.82) is 5.26 Å².